The summed E-state index contributed by atoms with van der Waals surface area (Å²) in [6.45, 7) is 3.50. The Kier molecular flexibility index (Phi) is 4.31. The maximum atomic E-state index is 6.29. The largest absolute Gasteiger partial charge is 0.481 e. The van der Waals surface area contributed by atoms with Gasteiger partial charge in [-0.1, -0.05) is 0 Å². The summed E-state index contributed by atoms with van der Waals surface area (Å²) in [6.07, 6.45) is 3.63. The van der Waals surface area contributed by atoms with E-state index in [0.717, 1.165) is 43.0 Å². The number of nitrogens with zero attached hydrogens (tertiary/aromatic N) is 3. The van der Waals surface area contributed by atoms with Crippen molar-refractivity contribution in [1.82, 2.24) is 14.5 Å². The van der Waals surface area contributed by atoms with Crippen LogP contribution < -0.4 is 4.74 Å². The number of fused-ring (bicyclic) bond motifs is 1. The van der Waals surface area contributed by atoms with Gasteiger partial charge < -0.3 is 14.0 Å². The number of pyridine rings is 1. The van der Waals surface area contributed by atoms with Gasteiger partial charge >= 0.3 is 0 Å². The van der Waals surface area contributed by atoms with E-state index in [9.17, 15) is 0 Å². The van der Waals surface area contributed by atoms with Crippen molar-refractivity contribution in [3.8, 4) is 5.88 Å². The Morgan fingerprint density at radius 2 is 2.29 bits per heavy atom. The average molecular weight is 310 g/mol. The predicted octanol–water partition coefficient (Wildman–Crippen LogP) is 3.31. The van der Waals surface area contributed by atoms with Crippen molar-refractivity contribution in [2.75, 3.05) is 13.7 Å². The van der Waals surface area contributed by atoms with Gasteiger partial charge in [0.05, 0.1) is 25.1 Å². The van der Waals surface area contributed by atoms with E-state index in [-0.39, 0.29) is 11.5 Å². The molecule has 3 heterocycles. The SMILES string of the molecule is COc1ccc2nc(C(C)Cl)n(CC3CCCCO3)c2n1. The standard InChI is InChI=1S/C15H20ClN3O2/c1-10(16)14-17-12-6-7-13(20-2)18-15(12)19(14)9-11-5-3-4-8-21-11/h6-7,10-11H,3-5,8-9H2,1-2H3. The lowest BCUT2D eigenvalue weighted by molar-refractivity contribution is 0.00609. The molecule has 6 heteroatoms. The molecule has 0 bridgehead atoms. The van der Waals surface area contributed by atoms with Crippen LogP contribution in [0.1, 0.15) is 37.4 Å². The lowest BCUT2D eigenvalue weighted by Crippen LogP contribution is -2.25. The van der Waals surface area contributed by atoms with E-state index in [1.807, 2.05) is 19.1 Å². The second-order valence-corrected chi connectivity index (χ2v) is 6.04. The van der Waals surface area contributed by atoms with E-state index < -0.39 is 0 Å². The number of aromatic nitrogens is 3. The number of alkyl halides is 1. The Bertz CT molecular complexity index is 621. The van der Waals surface area contributed by atoms with Crippen molar-refractivity contribution in [2.24, 2.45) is 0 Å². The molecule has 0 radical (unpaired) electrons. The monoisotopic (exact) mass is 309 g/mol. The van der Waals surface area contributed by atoms with Crippen LogP contribution in [0.5, 0.6) is 5.88 Å². The molecule has 0 amide bonds. The number of methoxy groups -OCH3 is 1. The maximum Gasteiger partial charge on any atom is 0.215 e. The molecule has 3 rings (SSSR count). The molecule has 2 aromatic rings. The number of hydrogen-bond donors (Lipinski definition) is 0. The van der Waals surface area contributed by atoms with Gasteiger partial charge in [-0.3, -0.25) is 0 Å². The minimum absolute atomic E-state index is 0.172. The smallest absolute Gasteiger partial charge is 0.215 e. The topological polar surface area (TPSA) is 49.2 Å². The summed E-state index contributed by atoms with van der Waals surface area (Å²) < 4.78 is 13.1. The fourth-order valence-corrected chi connectivity index (χ4v) is 2.92. The van der Waals surface area contributed by atoms with Gasteiger partial charge in [-0.2, -0.15) is 4.98 Å². The first-order valence-corrected chi connectivity index (χ1v) is 7.79. The molecule has 5 nitrogen and oxygen atoms in total. The molecule has 1 aliphatic rings. The Morgan fingerprint density at radius 1 is 1.43 bits per heavy atom. The van der Waals surface area contributed by atoms with Crippen molar-refractivity contribution in [3.63, 3.8) is 0 Å². The highest BCUT2D eigenvalue weighted by molar-refractivity contribution is 6.20. The van der Waals surface area contributed by atoms with Gasteiger partial charge in [-0.25, -0.2) is 4.98 Å². The summed E-state index contributed by atoms with van der Waals surface area (Å²) in [4.78, 5) is 9.14. The van der Waals surface area contributed by atoms with Gasteiger partial charge in [0.25, 0.3) is 0 Å². The molecule has 2 atom stereocenters. The Hall–Kier alpha value is -1.33. The van der Waals surface area contributed by atoms with Crippen molar-refractivity contribution in [3.05, 3.63) is 18.0 Å². The zero-order valence-electron chi connectivity index (χ0n) is 12.4. The van der Waals surface area contributed by atoms with Crippen LogP contribution in [0, 0.1) is 0 Å². The molecule has 1 fully saturated rings. The Labute approximate surface area is 129 Å². The van der Waals surface area contributed by atoms with E-state index in [0.29, 0.717) is 5.88 Å². The minimum atomic E-state index is -0.172. The van der Waals surface area contributed by atoms with Crippen LogP contribution in [0.15, 0.2) is 12.1 Å². The molecule has 0 spiro atoms. The van der Waals surface area contributed by atoms with Crippen LogP contribution >= 0.6 is 11.6 Å². The second kappa shape index (κ2) is 6.20. The maximum absolute atomic E-state index is 6.29. The van der Waals surface area contributed by atoms with Gasteiger partial charge in [-0.15, -0.1) is 11.6 Å². The highest BCUT2D eigenvalue weighted by Gasteiger charge is 2.21. The molecule has 21 heavy (non-hydrogen) atoms. The zero-order chi connectivity index (χ0) is 14.8. The number of rotatable bonds is 4. The fraction of sp³-hybridized carbons (Fsp3) is 0.600. The third kappa shape index (κ3) is 2.99. The minimum Gasteiger partial charge on any atom is -0.481 e. The normalized spacial score (nSPS) is 20.6. The van der Waals surface area contributed by atoms with E-state index in [2.05, 4.69) is 14.5 Å². The molecule has 2 aromatic heterocycles. The number of hydrogen-bond acceptors (Lipinski definition) is 4. The molecule has 114 valence electrons. The quantitative estimate of drug-likeness (QED) is 0.813. The van der Waals surface area contributed by atoms with E-state index in [1.165, 1.54) is 6.42 Å². The molecule has 1 aliphatic heterocycles. The van der Waals surface area contributed by atoms with Crippen LogP contribution in [-0.4, -0.2) is 34.4 Å². The average Bonchev–Trinajstić information content (AvgIpc) is 2.86. The van der Waals surface area contributed by atoms with Crippen molar-refractivity contribution in [1.29, 1.82) is 0 Å². The predicted molar refractivity (Wildman–Crippen MR) is 81.9 cm³/mol. The Morgan fingerprint density at radius 3 is 2.95 bits per heavy atom. The first-order valence-electron chi connectivity index (χ1n) is 7.36. The summed E-state index contributed by atoms with van der Waals surface area (Å²) in [5.74, 6) is 1.42. The molecule has 2 unspecified atom stereocenters. The highest BCUT2D eigenvalue weighted by atomic mass is 35.5. The van der Waals surface area contributed by atoms with Gasteiger partial charge in [0.2, 0.25) is 5.88 Å². The van der Waals surface area contributed by atoms with Gasteiger partial charge in [0.15, 0.2) is 5.65 Å². The Balaban J connectivity index is 2.01. The third-order valence-corrected chi connectivity index (χ3v) is 4.02. The highest BCUT2D eigenvalue weighted by Crippen LogP contribution is 2.27. The van der Waals surface area contributed by atoms with Crippen molar-refractivity contribution >= 4 is 22.8 Å². The summed E-state index contributed by atoms with van der Waals surface area (Å²) >= 11 is 6.29. The van der Waals surface area contributed by atoms with E-state index in [4.69, 9.17) is 21.1 Å². The molecular weight excluding hydrogens is 290 g/mol. The molecule has 1 saturated heterocycles. The van der Waals surface area contributed by atoms with Crippen molar-refractivity contribution in [2.45, 2.75) is 44.2 Å². The summed E-state index contributed by atoms with van der Waals surface area (Å²) in [5.41, 5.74) is 1.65. The molecule has 0 N–H and O–H groups in total. The first kappa shape index (κ1) is 14.6. The molecule has 0 aliphatic carbocycles. The second-order valence-electron chi connectivity index (χ2n) is 5.38. The number of ether oxygens (including phenoxy) is 2. The fourth-order valence-electron chi connectivity index (χ4n) is 2.75. The molecular formula is C15H20ClN3O2. The van der Waals surface area contributed by atoms with Gasteiger partial charge in [0, 0.05) is 12.7 Å². The van der Waals surface area contributed by atoms with Crippen LogP contribution in [0.3, 0.4) is 0 Å². The first-order chi connectivity index (χ1) is 10.2. The number of halogens is 1. The summed E-state index contributed by atoms with van der Waals surface area (Å²) in [7, 11) is 1.62. The zero-order valence-corrected chi connectivity index (χ0v) is 13.1. The summed E-state index contributed by atoms with van der Waals surface area (Å²) in [6, 6.07) is 3.74. The molecule has 0 aromatic carbocycles. The van der Waals surface area contributed by atoms with Crippen LogP contribution in [0.4, 0.5) is 0 Å². The number of imidazole rings is 1. The van der Waals surface area contributed by atoms with Gasteiger partial charge in [-0.05, 0) is 32.3 Å². The lowest BCUT2D eigenvalue weighted by Gasteiger charge is -2.24. The third-order valence-electron chi connectivity index (χ3n) is 3.82. The lowest BCUT2D eigenvalue weighted by atomic mass is 10.1. The van der Waals surface area contributed by atoms with Crippen molar-refractivity contribution < 1.29 is 9.47 Å². The van der Waals surface area contributed by atoms with Crippen LogP contribution in [0.25, 0.3) is 11.2 Å². The van der Waals surface area contributed by atoms with E-state index in [1.54, 1.807) is 7.11 Å². The van der Waals surface area contributed by atoms with Gasteiger partial charge in [0.1, 0.15) is 11.3 Å². The summed E-state index contributed by atoms with van der Waals surface area (Å²) in [5, 5.41) is -0.172. The van der Waals surface area contributed by atoms with Crippen LogP contribution in [0.2, 0.25) is 0 Å². The molecule has 0 saturated carbocycles. The van der Waals surface area contributed by atoms with E-state index >= 15 is 0 Å². The van der Waals surface area contributed by atoms with Crippen LogP contribution in [-0.2, 0) is 11.3 Å².